The molecule has 1 amide bonds. The molecule has 0 bridgehead atoms. The number of likely N-dealkylation sites (tertiary alicyclic amines) is 1. The first-order chi connectivity index (χ1) is 18.6. The van der Waals surface area contributed by atoms with Gasteiger partial charge in [-0.3, -0.25) is 19.4 Å². The zero-order valence-electron chi connectivity index (χ0n) is 21.6. The Labute approximate surface area is 222 Å². The lowest BCUT2D eigenvalue weighted by Gasteiger charge is -2.36. The van der Waals surface area contributed by atoms with Crippen LogP contribution in [0.4, 0.5) is 5.69 Å². The first-order valence-corrected chi connectivity index (χ1v) is 13.2. The van der Waals surface area contributed by atoms with Crippen LogP contribution in [0.2, 0.25) is 0 Å². The van der Waals surface area contributed by atoms with Crippen molar-refractivity contribution in [3.05, 3.63) is 79.0 Å². The van der Waals surface area contributed by atoms with Crippen LogP contribution in [0.25, 0.3) is 22.6 Å². The Morgan fingerprint density at radius 1 is 0.895 bits per heavy atom. The molecule has 1 atom stereocenters. The fourth-order valence-electron chi connectivity index (χ4n) is 5.35. The molecule has 3 aromatic heterocycles. The molecule has 9 nitrogen and oxygen atoms in total. The van der Waals surface area contributed by atoms with E-state index in [4.69, 9.17) is 5.10 Å². The highest BCUT2D eigenvalue weighted by Crippen LogP contribution is 2.25. The molecule has 6 rings (SSSR count). The van der Waals surface area contributed by atoms with Crippen molar-refractivity contribution in [1.82, 2.24) is 34.5 Å². The highest BCUT2D eigenvalue weighted by molar-refractivity contribution is 5.78. The zero-order valence-corrected chi connectivity index (χ0v) is 21.6. The number of hydrogen-bond donors (Lipinski definition) is 0. The smallest absolute Gasteiger partial charge is 0.236 e. The average molecular weight is 509 g/mol. The van der Waals surface area contributed by atoms with E-state index in [0.29, 0.717) is 12.6 Å². The molecule has 9 heteroatoms. The number of rotatable bonds is 6. The SMILES string of the molecule is Cc1cc(-c2ccn(C3CCN(CC(=O)N4CCN(c5ccc(-c6ncccn6)cc5)CC4)C3)n2)ccn1. The summed E-state index contributed by atoms with van der Waals surface area (Å²) in [5.41, 5.74) is 5.21. The van der Waals surface area contributed by atoms with E-state index in [1.54, 1.807) is 12.4 Å². The van der Waals surface area contributed by atoms with Crippen molar-refractivity contribution in [3.8, 4) is 22.6 Å². The minimum absolute atomic E-state index is 0.218. The second-order valence-electron chi connectivity index (χ2n) is 10.0. The molecule has 0 spiro atoms. The molecule has 2 aliphatic heterocycles. The van der Waals surface area contributed by atoms with E-state index < -0.39 is 0 Å². The summed E-state index contributed by atoms with van der Waals surface area (Å²) >= 11 is 0. The van der Waals surface area contributed by atoms with Gasteiger partial charge in [0.15, 0.2) is 5.82 Å². The van der Waals surface area contributed by atoms with Crippen LogP contribution >= 0.6 is 0 Å². The third kappa shape index (κ3) is 5.28. The Morgan fingerprint density at radius 3 is 2.45 bits per heavy atom. The molecule has 4 aromatic rings. The van der Waals surface area contributed by atoms with Crippen LogP contribution in [-0.2, 0) is 4.79 Å². The fraction of sp³-hybridized carbons (Fsp3) is 0.345. The summed E-state index contributed by atoms with van der Waals surface area (Å²) < 4.78 is 2.06. The molecule has 1 aromatic carbocycles. The standard InChI is InChI=1S/C29H32N8O/c1-22-19-24(7-12-30-22)27-9-14-37(33-27)26-8-13-34(20-26)21-28(38)36-17-15-35(16-18-36)25-5-3-23(4-6-25)29-31-10-2-11-32-29/h2-7,9-12,14,19,26H,8,13,15-18,20-21H2,1H3. The summed E-state index contributed by atoms with van der Waals surface area (Å²) in [7, 11) is 0. The monoisotopic (exact) mass is 508 g/mol. The molecule has 2 saturated heterocycles. The molecule has 2 aliphatic rings. The van der Waals surface area contributed by atoms with Crippen LogP contribution < -0.4 is 4.90 Å². The molecule has 0 aliphatic carbocycles. The Morgan fingerprint density at radius 2 is 1.68 bits per heavy atom. The quantitative estimate of drug-likeness (QED) is 0.395. The van der Waals surface area contributed by atoms with Gasteiger partial charge in [-0.05, 0) is 61.9 Å². The van der Waals surface area contributed by atoms with Gasteiger partial charge in [-0.1, -0.05) is 0 Å². The van der Waals surface area contributed by atoms with Gasteiger partial charge in [0.05, 0.1) is 18.3 Å². The van der Waals surface area contributed by atoms with E-state index in [9.17, 15) is 4.79 Å². The summed E-state index contributed by atoms with van der Waals surface area (Å²) in [6, 6.07) is 16.6. The van der Waals surface area contributed by atoms with Gasteiger partial charge in [0.1, 0.15) is 0 Å². The fourth-order valence-corrected chi connectivity index (χ4v) is 5.35. The van der Waals surface area contributed by atoms with Crippen molar-refractivity contribution in [1.29, 1.82) is 0 Å². The maximum absolute atomic E-state index is 13.1. The Kier molecular flexibility index (Phi) is 6.83. The van der Waals surface area contributed by atoms with Crippen molar-refractivity contribution in [2.24, 2.45) is 0 Å². The van der Waals surface area contributed by atoms with Crippen molar-refractivity contribution in [2.75, 3.05) is 50.7 Å². The first-order valence-electron chi connectivity index (χ1n) is 13.2. The number of piperazine rings is 1. The lowest BCUT2D eigenvalue weighted by atomic mass is 10.1. The van der Waals surface area contributed by atoms with Crippen molar-refractivity contribution in [3.63, 3.8) is 0 Å². The molecule has 0 N–H and O–H groups in total. The van der Waals surface area contributed by atoms with Crippen LogP contribution in [0.5, 0.6) is 0 Å². The van der Waals surface area contributed by atoms with E-state index in [1.807, 2.05) is 30.2 Å². The minimum atomic E-state index is 0.218. The summed E-state index contributed by atoms with van der Waals surface area (Å²) in [6.45, 7) is 7.38. The normalized spacial score (nSPS) is 18.2. The van der Waals surface area contributed by atoms with Gasteiger partial charge < -0.3 is 9.80 Å². The summed E-state index contributed by atoms with van der Waals surface area (Å²) in [4.78, 5) is 32.6. The van der Waals surface area contributed by atoms with Gasteiger partial charge in [0.2, 0.25) is 5.91 Å². The summed E-state index contributed by atoms with van der Waals surface area (Å²) in [6.07, 6.45) is 8.39. The van der Waals surface area contributed by atoms with Gasteiger partial charge in [0.25, 0.3) is 0 Å². The van der Waals surface area contributed by atoms with E-state index in [1.165, 1.54) is 5.69 Å². The molecule has 1 unspecified atom stereocenters. The number of anilines is 1. The van der Waals surface area contributed by atoms with Crippen LogP contribution in [-0.4, -0.2) is 86.3 Å². The second-order valence-corrected chi connectivity index (χ2v) is 10.0. The van der Waals surface area contributed by atoms with E-state index >= 15 is 0 Å². The Hall–Kier alpha value is -4.11. The van der Waals surface area contributed by atoms with E-state index in [-0.39, 0.29) is 5.91 Å². The molecule has 194 valence electrons. The van der Waals surface area contributed by atoms with Gasteiger partial charge in [-0.25, -0.2) is 9.97 Å². The van der Waals surface area contributed by atoms with Crippen LogP contribution in [0, 0.1) is 6.92 Å². The molecular weight excluding hydrogens is 476 g/mol. The van der Waals surface area contributed by atoms with Crippen LogP contribution in [0.3, 0.4) is 0 Å². The minimum Gasteiger partial charge on any atom is -0.368 e. The largest absolute Gasteiger partial charge is 0.368 e. The average Bonchev–Trinajstić information content (AvgIpc) is 3.64. The van der Waals surface area contributed by atoms with Crippen molar-refractivity contribution < 1.29 is 4.79 Å². The number of aryl methyl sites for hydroxylation is 1. The predicted molar refractivity (Wildman–Crippen MR) is 147 cm³/mol. The highest BCUT2D eigenvalue weighted by atomic mass is 16.2. The van der Waals surface area contributed by atoms with Gasteiger partial charge in [-0.2, -0.15) is 5.10 Å². The van der Waals surface area contributed by atoms with Gasteiger partial charge in [-0.15, -0.1) is 0 Å². The van der Waals surface area contributed by atoms with E-state index in [0.717, 1.165) is 74.0 Å². The van der Waals surface area contributed by atoms with Gasteiger partial charge >= 0.3 is 0 Å². The number of aromatic nitrogens is 5. The third-order valence-electron chi connectivity index (χ3n) is 7.47. The molecule has 38 heavy (non-hydrogen) atoms. The Bertz CT molecular complexity index is 1380. The lowest BCUT2D eigenvalue weighted by Crippen LogP contribution is -2.51. The maximum atomic E-state index is 13.1. The van der Waals surface area contributed by atoms with Crippen molar-refractivity contribution >= 4 is 11.6 Å². The van der Waals surface area contributed by atoms with Crippen LogP contribution in [0.1, 0.15) is 18.2 Å². The molecule has 0 saturated carbocycles. The van der Waals surface area contributed by atoms with Crippen molar-refractivity contribution in [2.45, 2.75) is 19.4 Å². The maximum Gasteiger partial charge on any atom is 0.236 e. The number of pyridine rings is 1. The molecule has 0 radical (unpaired) electrons. The zero-order chi connectivity index (χ0) is 25.9. The number of hydrogen-bond acceptors (Lipinski definition) is 7. The number of carbonyl (C=O) groups is 1. The molecule has 2 fully saturated rings. The third-order valence-corrected chi connectivity index (χ3v) is 7.47. The number of benzene rings is 1. The summed E-state index contributed by atoms with van der Waals surface area (Å²) in [5.74, 6) is 0.950. The number of amides is 1. The van der Waals surface area contributed by atoms with Crippen LogP contribution in [0.15, 0.2) is 73.3 Å². The van der Waals surface area contributed by atoms with E-state index in [2.05, 4.69) is 72.0 Å². The first kappa shape index (κ1) is 24.2. The number of carbonyl (C=O) groups excluding carboxylic acids is 1. The topological polar surface area (TPSA) is 83.3 Å². The lowest BCUT2D eigenvalue weighted by molar-refractivity contribution is -0.132. The molecule has 5 heterocycles. The highest BCUT2D eigenvalue weighted by Gasteiger charge is 2.29. The second kappa shape index (κ2) is 10.7. The van der Waals surface area contributed by atoms with Gasteiger partial charge in [0, 0.05) is 86.6 Å². The Balaban J connectivity index is 0.990. The molecular formula is C29H32N8O. The predicted octanol–water partition coefficient (Wildman–Crippen LogP) is 3.31. The number of nitrogens with zero attached hydrogens (tertiary/aromatic N) is 8. The summed E-state index contributed by atoms with van der Waals surface area (Å²) in [5, 5.41) is 4.82.